The van der Waals surface area contributed by atoms with Gasteiger partial charge >= 0.3 is 0 Å². The summed E-state index contributed by atoms with van der Waals surface area (Å²) in [5.74, 6) is 0.661. The summed E-state index contributed by atoms with van der Waals surface area (Å²) >= 11 is 0. The van der Waals surface area contributed by atoms with E-state index in [9.17, 15) is 8.42 Å². The van der Waals surface area contributed by atoms with Crippen LogP contribution in [0.5, 0.6) is 5.75 Å². The largest absolute Gasteiger partial charge is 0.489 e. The molecule has 0 saturated carbocycles. The van der Waals surface area contributed by atoms with Crippen molar-refractivity contribution in [2.75, 3.05) is 6.54 Å². The Morgan fingerprint density at radius 3 is 2.51 bits per heavy atom. The number of nitrogens with one attached hydrogen (secondary N) is 1. The molecular weight excluding hydrogens is 482 g/mol. The fourth-order valence-electron chi connectivity index (χ4n) is 4.81. The van der Waals surface area contributed by atoms with Gasteiger partial charge in [-0.15, -0.1) is 0 Å². The highest BCUT2D eigenvalue weighted by Crippen LogP contribution is 2.34. The number of benzene rings is 4. The Morgan fingerprint density at radius 1 is 0.838 bits per heavy atom. The first kappa shape index (κ1) is 23.2. The lowest BCUT2D eigenvalue weighted by Gasteiger charge is -2.09. The van der Waals surface area contributed by atoms with Crippen molar-refractivity contribution >= 4 is 42.4 Å². The van der Waals surface area contributed by atoms with Gasteiger partial charge in [0, 0.05) is 22.5 Å². The van der Waals surface area contributed by atoms with E-state index < -0.39 is 9.84 Å². The van der Waals surface area contributed by atoms with E-state index in [4.69, 9.17) is 10.5 Å². The van der Waals surface area contributed by atoms with E-state index >= 15 is 0 Å². The van der Waals surface area contributed by atoms with Crippen LogP contribution in [-0.2, 0) is 22.9 Å². The SMILES string of the molecule is NCCc1c(S(=O)(=O)c2cccc3cccnc23)[nH]c2ccc(OCc3ccc4ccccc4c3)cc12. The predicted molar refractivity (Wildman–Crippen MR) is 147 cm³/mol. The fourth-order valence-corrected chi connectivity index (χ4v) is 6.50. The first-order valence-electron chi connectivity index (χ1n) is 12.1. The Balaban J connectivity index is 1.38. The van der Waals surface area contributed by atoms with E-state index in [1.165, 1.54) is 5.39 Å². The number of aromatic amines is 1. The Bertz CT molecular complexity index is 1870. The first-order chi connectivity index (χ1) is 18.0. The smallest absolute Gasteiger partial charge is 0.224 e. The van der Waals surface area contributed by atoms with Gasteiger partial charge in [-0.3, -0.25) is 4.98 Å². The van der Waals surface area contributed by atoms with Crippen molar-refractivity contribution in [2.45, 2.75) is 22.9 Å². The second kappa shape index (κ2) is 9.35. The quantitative estimate of drug-likeness (QED) is 0.285. The van der Waals surface area contributed by atoms with E-state index in [0.29, 0.717) is 41.9 Å². The lowest BCUT2D eigenvalue weighted by molar-refractivity contribution is 0.307. The van der Waals surface area contributed by atoms with Crippen LogP contribution in [0, 0.1) is 0 Å². The van der Waals surface area contributed by atoms with Crippen LogP contribution in [0.4, 0.5) is 0 Å². The first-order valence-corrected chi connectivity index (χ1v) is 13.6. The zero-order valence-corrected chi connectivity index (χ0v) is 20.8. The normalized spacial score (nSPS) is 11.9. The van der Waals surface area contributed by atoms with Crippen LogP contribution in [0.1, 0.15) is 11.1 Å². The molecule has 0 saturated heterocycles. The molecule has 6 rings (SSSR count). The standard InChI is InChI=1S/C30H25N3O3S/c31-15-14-25-26-18-24(36-19-20-10-11-21-5-1-2-6-23(21)17-20)12-13-27(26)33-30(25)37(34,35)28-9-3-7-22-8-4-16-32-29(22)28/h1-13,16-18,33H,14-15,19,31H2. The topological polar surface area (TPSA) is 98.1 Å². The maximum Gasteiger partial charge on any atom is 0.224 e. The highest BCUT2D eigenvalue weighted by Gasteiger charge is 2.27. The number of sulfone groups is 1. The number of hydrogen-bond acceptors (Lipinski definition) is 5. The summed E-state index contributed by atoms with van der Waals surface area (Å²) in [6.45, 7) is 0.714. The van der Waals surface area contributed by atoms with Crippen LogP contribution in [0.3, 0.4) is 0 Å². The third-order valence-corrected chi connectivity index (χ3v) is 8.40. The van der Waals surface area contributed by atoms with Crippen LogP contribution < -0.4 is 10.5 Å². The molecule has 2 aromatic heterocycles. The minimum Gasteiger partial charge on any atom is -0.489 e. The number of H-pyrrole nitrogens is 1. The van der Waals surface area contributed by atoms with Gasteiger partial charge < -0.3 is 15.5 Å². The molecule has 0 atom stereocenters. The molecule has 0 fully saturated rings. The molecule has 0 radical (unpaired) electrons. The summed E-state index contributed by atoms with van der Waals surface area (Å²) in [5.41, 5.74) is 8.79. The number of ether oxygens (including phenoxy) is 1. The van der Waals surface area contributed by atoms with Gasteiger partial charge in [0.15, 0.2) is 0 Å². The van der Waals surface area contributed by atoms with Gasteiger partial charge in [0.2, 0.25) is 9.84 Å². The lowest BCUT2D eigenvalue weighted by atomic mass is 10.1. The minimum absolute atomic E-state index is 0.151. The third kappa shape index (κ3) is 4.22. The number of para-hydroxylation sites is 1. The molecule has 0 bridgehead atoms. The van der Waals surface area contributed by atoms with Crippen LogP contribution in [0.2, 0.25) is 0 Å². The van der Waals surface area contributed by atoms with Gasteiger partial charge in [-0.1, -0.05) is 54.6 Å². The second-order valence-electron chi connectivity index (χ2n) is 8.98. The van der Waals surface area contributed by atoms with Crippen molar-refractivity contribution in [1.29, 1.82) is 0 Å². The third-order valence-electron chi connectivity index (χ3n) is 6.61. The predicted octanol–water partition coefficient (Wildman–Crippen LogP) is 5.78. The summed E-state index contributed by atoms with van der Waals surface area (Å²) < 4.78 is 33.9. The molecule has 3 N–H and O–H groups in total. The molecule has 184 valence electrons. The van der Waals surface area contributed by atoms with Crippen molar-refractivity contribution in [1.82, 2.24) is 9.97 Å². The number of aromatic nitrogens is 2. The number of fused-ring (bicyclic) bond motifs is 3. The average molecular weight is 508 g/mol. The molecular formula is C30H25N3O3S. The lowest BCUT2D eigenvalue weighted by Crippen LogP contribution is -2.10. The van der Waals surface area contributed by atoms with Crippen LogP contribution in [-0.4, -0.2) is 24.9 Å². The van der Waals surface area contributed by atoms with E-state index in [1.54, 1.807) is 24.4 Å². The Kier molecular flexibility index (Phi) is 5.87. The Morgan fingerprint density at radius 2 is 1.65 bits per heavy atom. The Labute approximate surface area is 214 Å². The molecule has 0 aliphatic heterocycles. The zero-order chi connectivity index (χ0) is 25.4. The maximum absolute atomic E-state index is 13.9. The average Bonchev–Trinajstić information content (AvgIpc) is 3.30. The highest BCUT2D eigenvalue weighted by molar-refractivity contribution is 7.91. The molecule has 0 aliphatic carbocycles. The fraction of sp³-hybridized carbons (Fsp3) is 0.100. The van der Waals surface area contributed by atoms with Gasteiger partial charge in [-0.25, -0.2) is 8.42 Å². The van der Waals surface area contributed by atoms with E-state index in [-0.39, 0.29) is 9.92 Å². The van der Waals surface area contributed by atoms with E-state index in [1.807, 2.05) is 42.5 Å². The van der Waals surface area contributed by atoms with Crippen molar-refractivity contribution < 1.29 is 13.2 Å². The van der Waals surface area contributed by atoms with Crippen LogP contribution in [0.15, 0.2) is 107 Å². The van der Waals surface area contributed by atoms with Crippen LogP contribution in [0.25, 0.3) is 32.6 Å². The number of hydrogen-bond donors (Lipinski definition) is 2. The molecule has 37 heavy (non-hydrogen) atoms. The molecule has 4 aromatic carbocycles. The zero-order valence-electron chi connectivity index (χ0n) is 20.0. The molecule has 7 heteroatoms. The number of nitrogens with two attached hydrogens (primary N) is 1. The summed E-state index contributed by atoms with van der Waals surface area (Å²) in [7, 11) is -3.88. The van der Waals surface area contributed by atoms with Gasteiger partial charge in [-0.05, 0) is 71.3 Å². The molecule has 6 aromatic rings. The summed E-state index contributed by atoms with van der Waals surface area (Å²) in [4.78, 5) is 7.67. The molecule has 0 amide bonds. The maximum atomic E-state index is 13.9. The molecule has 0 aliphatic rings. The van der Waals surface area contributed by atoms with Crippen LogP contribution >= 0.6 is 0 Å². The summed E-state index contributed by atoms with van der Waals surface area (Å²) in [5, 5.41) is 4.05. The highest BCUT2D eigenvalue weighted by atomic mass is 32.2. The van der Waals surface area contributed by atoms with Gasteiger partial charge in [0.05, 0.1) is 10.4 Å². The van der Waals surface area contributed by atoms with Crippen molar-refractivity contribution in [2.24, 2.45) is 5.73 Å². The monoisotopic (exact) mass is 507 g/mol. The summed E-state index contributed by atoms with van der Waals surface area (Å²) in [6, 6.07) is 28.9. The summed E-state index contributed by atoms with van der Waals surface area (Å²) in [6.07, 6.45) is 2.01. The minimum atomic E-state index is -3.88. The van der Waals surface area contributed by atoms with Gasteiger partial charge in [0.1, 0.15) is 17.4 Å². The molecule has 6 nitrogen and oxygen atoms in total. The number of rotatable bonds is 7. The van der Waals surface area contributed by atoms with Crippen molar-refractivity contribution in [3.63, 3.8) is 0 Å². The van der Waals surface area contributed by atoms with Gasteiger partial charge in [0.25, 0.3) is 0 Å². The molecule has 0 unspecified atom stereocenters. The molecule has 2 heterocycles. The van der Waals surface area contributed by atoms with E-state index in [0.717, 1.165) is 21.7 Å². The van der Waals surface area contributed by atoms with Crippen molar-refractivity contribution in [3.05, 3.63) is 108 Å². The Hall–Kier alpha value is -4.20. The number of pyridine rings is 1. The number of nitrogens with zero attached hydrogens (tertiary/aromatic N) is 1. The van der Waals surface area contributed by atoms with Gasteiger partial charge in [-0.2, -0.15) is 0 Å². The van der Waals surface area contributed by atoms with Crippen molar-refractivity contribution in [3.8, 4) is 5.75 Å². The molecule has 0 spiro atoms. The second-order valence-corrected chi connectivity index (χ2v) is 10.8. The van der Waals surface area contributed by atoms with E-state index in [2.05, 4.69) is 40.3 Å².